The lowest BCUT2D eigenvalue weighted by Crippen LogP contribution is -2.18. The van der Waals surface area contributed by atoms with E-state index in [1.165, 1.54) is 0 Å². The molecule has 0 amide bonds. The Balaban J connectivity index is 2.05. The van der Waals surface area contributed by atoms with Crippen LogP contribution in [0.1, 0.15) is 37.7 Å². The molecular formula is C15H20O5. The van der Waals surface area contributed by atoms with Gasteiger partial charge in [0.05, 0.1) is 0 Å². The fraction of sp³-hybridized carbons (Fsp3) is 0.467. The molecule has 0 aliphatic carbocycles. The minimum atomic E-state index is -1.31. The summed E-state index contributed by atoms with van der Waals surface area (Å²) in [6.07, 6.45) is 1.15. The van der Waals surface area contributed by atoms with Crippen molar-refractivity contribution in [1.82, 2.24) is 0 Å². The Kier molecular flexibility index (Phi) is 7.35. The molecule has 1 atom stereocenters. The minimum Gasteiger partial charge on any atom is -0.479 e. The molecule has 0 fully saturated rings. The number of rotatable bonds is 9. The lowest BCUT2D eigenvalue weighted by molar-refractivity contribution is -0.147. The van der Waals surface area contributed by atoms with Crippen LogP contribution in [0.3, 0.4) is 0 Å². The van der Waals surface area contributed by atoms with Crippen molar-refractivity contribution in [2.45, 2.75) is 44.8 Å². The van der Waals surface area contributed by atoms with Crippen molar-refractivity contribution in [3.05, 3.63) is 35.9 Å². The van der Waals surface area contributed by atoms with Crippen LogP contribution in [-0.4, -0.2) is 28.3 Å². The van der Waals surface area contributed by atoms with Crippen LogP contribution in [0.5, 0.6) is 0 Å². The van der Waals surface area contributed by atoms with Crippen molar-refractivity contribution in [1.29, 1.82) is 0 Å². The van der Waals surface area contributed by atoms with E-state index in [4.69, 9.17) is 14.9 Å². The molecular weight excluding hydrogens is 260 g/mol. The van der Waals surface area contributed by atoms with E-state index in [9.17, 15) is 9.59 Å². The number of carbonyl (C=O) groups is 2. The molecule has 20 heavy (non-hydrogen) atoms. The number of carboxylic acid groups (broad SMARTS) is 1. The van der Waals surface area contributed by atoms with Crippen molar-refractivity contribution in [2.24, 2.45) is 0 Å². The number of aliphatic hydroxyl groups is 1. The third kappa shape index (κ3) is 6.89. The summed E-state index contributed by atoms with van der Waals surface area (Å²) in [4.78, 5) is 21.8. The molecule has 0 aliphatic heterocycles. The number of aliphatic hydroxyl groups excluding tert-OH is 1. The molecule has 1 aromatic rings. The first-order valence-electron chi connectivity index (χ1n) is 6.70. The summed E-state index contributed by atoms with van der Waals surface area (Å²) in [5, 5.41) is 17.5. The van der Waals surface area contributed by atoms with Crippen molar-refractivity contribution < 1.29 is 24.5 Å². The predicted molar refractivity (Wildman–Crippen MR) is 73.0 cm³/mol. The zero-order chi connectivity index (χ0) is 14.8. The van der Waals surface area contributed by atoms with Gasteiger partial charge in [-0.25, -0.2) is 4.79 Å². The topological polar surface area (TPSA) is 83.8 Å². The summed E-state index contributed by atoms with van der Waals surface area (Å²) in [6, 6.07) is 9.45. The second-order valence-electron chi connectivity index (χ2n) is 4.60. The Morgan fingerprint density at radius 3 is 2.45 bits per heavy atom. The van der Waals surface area contributed by atoms with Gasteiger partial charge >= 0.3 is 11.9 Å². The standard InChI is InChI=1S/C15H20O5/c16-13(15(18)19)9-5-2-6-10-14(17)20-11-12-7-3-1-4-8-12/h1,3-4,7-8,13,16H,2,5-6,9-11H2,(H,18,19). The summed E-state index contributed by atoms with van der Waals surface area (Å²) in [5.41, 5.74) is 0.949. The summed E-state index contributed by atoms with van der Waals surface area (Å²) in [7, 11) is 0. The third-order valence-corrected chi connectivity index (χ3v) is 2.89. The van der Waals surface area contributed by atoms with Gasteiger partial charge in [-0.2, -0.15) is 0 Å². The molecule has 0 radical (unpaired) electrons. The smallest absolute Gasteiger partial charge is 0.332 e. The molecule has 0 heterocycles. The van der Waals surface area contributed by atoms with Crippen molar-refractivity contribution in [2.75, 3.05) is 0 Å². The van der Waals surface area contributed by atoms with E-state index in [0.29, 0.717) is 25.7 Å². The maximum Gasteiger partial charge on any atom is 0.332 e. The molecule has 0 saturated heterocycles. The van der Waals surface area contributed by atoms with Crippen LogP contribution in [0.15, 0.2) is 30.3 Å². The van der Waals surface area contributed by atoms with Crippen molar-refractivity contribution >= 4 is 11.9 Å². The molecule has 110 valence electrons. The Bertz CT molecular complexity index is 416. The van der Waals surface area contributed by atoms with Crippen LogP contribution < -0.4 is 0 Å². The SMILES string of the molecule is O=C(CCCCCC(O)C(=O)O)OCc1ccccc1. The van der Waals surface area contributed by atoms with E-state index in [0.717, 1.165) is 5.56 Å². The van der Waals surface area contributed by atoms with E-state index in [1.807, 2.05) is 30.3 Å². The second-order valence-corrected chi connectivity index (χ2v) is 4.60. The van der Waals surface area contributed by atoms with E-state index in [2.05, 4.69) is 0 Å². The van der Waals surface area contributed by atoms with Crippen LogP contribution in [0, 0.1) is 0 Å². The van der Waals surface area contributed by atoms with Crippen LogP contribution in [-0.2, 0) is 20.9 Å². The van der Waals surface area contributed by atoms with Crippen LogP contribution in [0.25, 0.3) is 0 Å². The molecule has 5 heteroatoms. The number of hydrogen-bond donors (Lipinski definition) is 2. The highest BCUT2D eigenvalue weighted by atomic mass is 16.5. The monoisotopic (exact) mass is 280 g/mol. The molecule has 0 spiro atoms. The average molecular weight is 280 g/mol. The molecule has 5 nitrogen and oxygen atoms in total. The van der Waals surface area contributed by atoms with Crippen LogP contribution in [0.4, 0.5) is 0 Å². The molecule has 0 bridgehead atoms. The maximum atomic E-state index is 11.5. The number of carbonyl (C=O) groups excluding carboxylic acids is 1. The highest BCUT2D eigenvalue weighted by Gasteiger charge is 2.12. The van der Waals surface area contributed by atoms with E-state index in [1.54, 1.807) is 0 Å². The van der Waals surface area contributed by atoms with Gasteiger partial charge in [0.15, 0.2) is 6.10 Å². The highest BCUT2D eigenvalue weighted by molar-refractivity contribution is 5.71. The Labute approximate surface area is 118 Å². The van der Waals surface area contributed by atoms with Crippen LogP contribution in [0.2, 0.25) is 0 Å². The van der Waals surface area contributed by atoms with Crippen molar-refractivity contribution in [3.8, 4) is 0 Å². The highest BCUT2D eigenvalue weighted by Crippen LogP contribution is 2.08. The number of carboxylic acids is 1. The molecule has 0 saturated carbocycles. The summed E-state index contributed by atoms with van der Waals surface area (Å²) in [5.74, 6) is -1.46. The van der Waals surface area contributed by atoms with Gasteiger partial charge in [0.2, 0.25) is 0 Å². The first kappa shape index (κ1) is 16.2. The summed E-state index contributed by atoms with van der Waals surface area (Å²) < 4.78 is 5.11. The lowest BCUT2D eigenvalue weighted by Gasteiger charge is -2.06. The quantitative estimate of drug-likeness (QED) is 0.534. The molecule has 2 N–H and O–H groups in total. The van der Waals surface area contributed by atoms with Gasteiger partial charge in [0.1, 0.15) is 6.61 Å². The largest absolute Gasteiger partial charge is 0.479 e. The number of unbranched alkanes of at least 4 members (excludes halogenated alkanes) is 2. The average Bonchev–Trinajstić information content (AvgIpc) is 2.45. The normalized spacial score (nSPS) is 11.8. The van der Waals surface area contributed by atoms with Gasteiger partial charge in [0, 0.05) is 6.42 Å². The van der Waals surface area contributed by atoms with Gasteiger partial charge in [-0.3, -0.25) is 4.79 Å². The predicted octanol–water partition coefficient (Wildman–Crippen LogP) is 2.13. The summed E-state index contributed by atoms with van der Waals surface area (Å²) >= 11 is 0. The van der Waals surface area contributed by atoms with Gasteiger partial charge in [0.25, 0.3) is 0 Å². The van der Waals surface area contributed by atoms with Gasteiger partial charge in [-0.1, -0.05) is 43.2 Å². The minimum absolute atomic E-state index is 0.217. The maximum absolute atomic E-state index is 11.5. The molecule has 1 aromatic carbocycles. The third-order valence-electron chi connectivity index (χ3n) is 2.89. The van der Waals surface area contributed by atoms with Crippen molar-refractivity contribution in [3.63, 3.8) is 0 Å². The molecule has 0 aliphatic rings. The van der Waals surface area contributed by atoms with Gasteiger partial charge in [-0.05, 0) is 18.4 Å². The second kappa shape index (κ2) is 9.09. The first-order valence-corrected chi connectivity index (χ1v) is 6.70. The summed E-state index contributed by atoms with van der Waals surface area (Å²) in [6.45, 7) is 0.275. The molecule has 1 rings (SSSR count). The molecule has 0 aromatic heterocycles. The Hall–Kier alpha value is -1.88. The Morgan fingerprint density at radius 1 is 1.10 bits per heavy atom. The molecule has 1 unspecified atom stereocenters. The van der Waals surface area contributed by atoms with E-state index < -0.39 is 12.1 Å². The number of ether oxygens (including phenoxy) is 1. The Morgan fingerprint density at radius 2 is 1.80 bits per heavy atom. The first-order chi connectivity index (χ1) is 9.59. The van der Waals surface area contributed by atoms with E-state index in [-0.39, 0.29) is 19.0 Å². The zero-order valence-corrected chi connectivity index (χ0v) is 11.3. The fourth-order valence-electron chi connectivity index (χ4n) is 1.72. The number of hydrogen-bond acceptors (Lipinski definition) is 4. The lowest BCUT2D eigenvalue weighted by atomic mass is 10.1. The van der Waals surface area contributed by atoms with Gasteiger partial charge in [-0.15, -0.1) is 0 Å². The van der Waals surface area contributed by atoms with Crippen LogP contribution >= 0.6 is 0 Å². The number of esters is 1. The number of benzene rings is 1. The number of aliphatic carboxylic acids is 1. The van der Waals surface area contributed by atoms with Gasteiger partial charge < -0.3 is 14.9 Å². The zero-order valence-electron chi connectivity index (χ0n) is 11.3. The van der Waals surface area contributed by atoms with E-state index >= 15 is 0 Å². The fourth-order valence-corrected chi connectivity index (χ4v) is 1.72.